The summed E-state index contributed by atoms with van der Waals surface area (Å²) in [7, 11) is -4.02. The second-order valence-corrected chi connectivity index (χ2v) is 10.5. The van der Waals surface area contributed by atoms with Crippen molar-refractivity contribution in [2.45, 2.75) is 39.5 Å². The monoisotopic (exact) mass is 506 g/mol. The van der Waals surface area contributed by atoms with Gasteiger partial charge in [0.15, 0.2) is 0 Å². The Balaban J connectivity index is 1.86. The lowest BCUT2D eigenvalue weighted by Gasteiger charge is -2.25. The number of nitrogens with zero attached hydrogens (tertiary/aromatic N) is 2. The molecule has 0 aliphatic carbocycles. The summed E-state index contributed by atoms with van der Waals surface area (Å²) in [5.41, 5.74) is 7.34. The number of carbonyl (C=O) groups excluding carboxylic acids is 2. The minimum absolute atomic E-state index is 0.0979. The maximum absolute atomic E-state index is 13.6. The van der Waals surface area contributed by atoms with Crippen molar-refractivity contribution in [3.05, 3.63) is 89.0 Å². The van der Waals surface area contributed by atoms with E-state index in [4.69, 9.17) is 0 Å². The van der Waals surface area contributed by atoms with Crippen LogP contribution in [-0.4, -0.2) is 32.5 Å². The molecule has 0 bridgehead atoms. The van der Waals surface area contributed by atoms with Crippen LogP contribution >= 0.6 is 0 Å². The van der Waals surface area contributed by atoms with Crippen LogP contribution in [0.2, 0.25) is 0 Å². The summed E-state index contributed by atoms with van der Waals surface area (Å²) in [4.78, 5) is 24.2. The van der Waals surface area contributed by atoms with Crippen LogP contribution in [0, 0.1) is 20.8 Å². The number of benzene rings is 3. The van der Waals surface area contributed by atoms with Gasteiger partial charge < -0.3 is 5.32 Å². The molecular formula is C27H30N4O4S. The quantitative estimate of drug-likeness (QED) is 0.351. The number of carbonyl (C=O) groups is 2. The molecule has 188 valence electrons. The summed E-state index contributed by atoms with van der Waals surface area (Å²) in [6.45, 7) is 8.25. The van der Waals surface area contributed by atoms with E-state index >= 15 is 0 Å². The van der Waals surface area contributed by atoms with Gasteiger partial charge in [-0.15, -0.1) is 0 Å². The molecule has 0 aliphatic rings. The van der Waals surface area contributed by atoms with Crippen molar-refractivity contribution >= 4 is 38.9 Å². The average molecular weight is 507 g/mol. The van der Waals surface area contributed by atoms with Crippen LogP contribution in [0.4, 0.5) is 11.4 Å². The van der Waals surface area contributed by atoms with Crippen LogP contribution in [0.3, 0.4) is 0 Å². The number of nitrogens with one attached hydrogen (secondary N) is 2. The minimum Gasteiger partial charge on any atom is -0.326 e. The van der Waals surface area contributed by atoms with Gasteiger partial charge >= 0.3 is 0 Å². The molecule has 0 aliphatic heterocycles. The summed E-state index contributed by atoms with van der Waals surface area (Å²) in [5.74, 6) is -0.754. The molecule has 0 fully saturated rings. The number of sulfonamides is 1. The second-order valence-electron chi connectivity index (χ2n) is 8.61. The summed E-state index contributed by atoms with van der Waals surface area (Å²) in [5, 5.41) is 6.83. The highest BCUT2D eigenvalue weighted by atomic mass is 32.2. The van der Waals surface area contributed by atoms with E-state index in [9.17, 15) is 18.0 Å². The Bertz CT molecular complexity index is 1400. The summed E-state index contributed by atoms with van der Waals surface area (Å²) >= 11 is 0. The van der Waals surface area contributed by atoms with Crippen LogP contribution < -0.4 is 15.0 Å². The molecule has 0 saturated heterocycles. The third-order valence-corrected chi connectivity index (χ3v) is 7.27. The van der Waals surface area contributed by atoms with E-state index in [1.807, 2.05) is 26.0 Å². The Morgan fingerprint density at radius 2 is 1.47 bits per heavy atom. The van der Waals surface area contributed by atoms with E-state index in [1.54, 1.807) is 56.3 Å². The normalized spacial score (nSPS) is 11.6. The van der Waals surface area contributed by atoms with Crippen molar-refractivity contribution in [1.82, 2.24) is 5.43 Å². The highest BCUT2D eigenvalue weighted by Gasteiger charge is 2.28. The number of hydrogen-bond donors (Lipinski definition) is 2. The van der Waals surface area contributed by atoms with Crippen LogP contribution in [-0.2, 0) is 19.6 Å². The molecule has 0 heterocycles. The SMILES string of the molecule is CC(=O)Nc1ccc(/C(C)=N\NC(=O)CN(c2cc(C)ccc2C)S(=O)(=O)c2ccc(C)cc2)cc1. The number of rotatable bonds is 8. The van der Waals surface area contributed by atoms with Crippen LogP contribution in [0.25, 0.3) is 0 Å². The maximum Gasteiger partial charge on any atom is 0.264 e. The van der Waals surface area contributed by atoms with Gasteiger partial charge in [0, 0.05) is 12.6 Å². The Morgan fingerprint density at radius 3 is 2.08 bits per heavy atom. The van der Waals surface area contributed by atoms with Gasteiger partial charge in [0.2, 0.25) is 5.91 Å². The molecule has 3 rings (SSSR count). The summed E-state index contributed by atoms with van der Waals surface area (Å²) in [6.07, 6.45) is 0. The number of anilines is 2. The van der Waals surface area contributed by atoms with Crippen LogP contribution in [0.15, 0.2) is 76.7 Å². The predicted molar refractivity (Wildman–Crippen MR) is 143 cm³/mol. The largest absolute Gasteiger partial charge is 0.326 e. The Labute approximate surface area is 212 Å². The minimum atomic E-state index is -4.02. The van der Waals surface area contributed by atoms with Gasteiger partial charge in [-0.3, -0.25) is 13.9 Å². The number of amides is 2. The third kappa shape index (κ3) is 6.57. The summed E-state index contributed by atoms with van der Waals surface area (Å²) in [6, 6.07) is 19.0. The molecule has 3 aromatic carbocycles. The first kappa shape index (κ1) is 26.6. The third-order valence-electron chi connectivity index (χ3n) is 5.50. The van der Waals surface area contributed by atoms with E-state index in [2.05, 4.69) is 15.8 Å². The van der Waals surface area contributed by atoms with E-state index in [0.29, 0.717) is 17.1 Å². The van der Waals surface area contributed by atoms with Crippen molar-refractivity contribution in [3.8, 4) is 0 Å². The van der Waals surface area contributed by atoms with Gasteiger partial charge in [-0.1, -0.05) is 42.0 Å². The predicted octanol–water partition coefficient (Wildman–Crippen LogP) is 4.31. The van der Waals surface area contributed by atoms with Crippen molar-refractivity contribution in [3.63, 3.8) is 0 Å². The Morgan fingerprint density at radius 1 is 0.861 bits per heavy atom. The first-order chi connectivity index (χ1) is 17.0. The van der Waals surface area contributed by atoms with Crippen molar-refractivity contribution in [2.24, 2.45) is 5.10 Å². The molecule has 0 spiro atoms. The molecule has 3 aromatic rings. The molecular weight excluding hydrogens is 476 g/mol. The highest BCUT2D eigenvalue weighted by Crippen LogP contribution is 2.28. The fraction of sp³-hybridized carbons (Fsp3) is 0.222. The highest BCUT2D eigenvalue weighted by molar-refractivity contribution is 7.92. The van der Waals surface area contributed by atoms with E-state index in [0.717, 1.165) is 26.6 Å². The lowest BCUT2D eigenvalue weighted by atomic mass is 10.1. The first-order valence-corrected chi connectivity index (χ1v) is 12.8. The first-order valence-electron chi connectivity index (χ1n) is 11.3. The van der Waals surface area contributed by atoms with Gasteiger partial charge in [-0.2, -0.15) is 5.10 Å². The molecule has 0 radical (unpaired) electrons. The Hall–Kier alpha value is -3.98. The van der Waals surface area contributed by atoms with Crippen molar-refractivity contribution < 1.29 is 18.0 Å². The van der Waals surface area contributed by atoms with Crippen LogP contribution in [0.5, 0.6) is 0 Å². The molecule has 0 aromatic heterocycles. The zero-order valence-corrected chi connectivity index (χ0v) is 21.8. The average Bonchev–Trinajstić information content (AvgIpc) is 2.83. The zero-order chi connectivity index (χ0) is 26.5. The van der Waals surface area contributed by atoms with E-state index in [1.165, 1.54) is 19.1 Å². The van der Waals surface area contributed by atoms with Gasteiger partial charge in [-0.25, -0.2) is 13.8 Å². The van der Waals surface area contributed by atoms with Gasteiger partial charge in [-0.05, 0) is 74.7 Å². The van der Waals surface area contributed by atoms with Crippen molar-refractivity contribution in [2.75, 3.05) is 16.2 Å². The second kappa shape index (κ2) is 11.2. The molecule has 0 atom stereocenters. The molecule has 9 heteroatoms. The lowest BCUT2D eigenvalue weighted by molar-refractivity contribution is -0.119. The number of hydrazone groups is 1. The smallest absolute Gasteiger partial charge is 0.264 e. The van der Waals surface area contributed by atoms with Crippen molar-refractivity contribution in [1.29, 1.82) is 0 Å². The van der Waals surface area contributed by atoms with Gasteiger partial charge in [0.25, 0.3) is 15.9 Å². The van der Waals surface area contributed by atoms with Gasteiger partial charge in [0.05, 0.1) is 16.3 Å². The molecule has 8 nitrogen and oxygen atoms in total. The fourth-order valence-electron chi connectivity index (χ4n) is 3.50. The van der Waals surface area contributed by atoms with Gasteiger partial charge in [0.1, 0.15) is 6.54 Å². The van der Waals surface area contributed by atoms with E-state index in [-0.39, 0.29) is 10.8 Å². The molecule has 36 heavy (non-hydrogen) atoms. The molecule has 2 amide bonds. The Kier molecular flexibility index (Phi) is 8.26. The van der Waals surface area contributed by atoms with Crippen LogP contribution in [0.1, 0.15) is 36.1 Å². The molecule has 0 saturated carbocycles. The molecule has 0 unspecified atom stereocenters. The standard InChI is InChI=1S/C27H30N4O4S/c1-18-7-14-25(15-8-18)36(34,35)31(26-16-19(2)6-9-20(26)3)17-27(33)30-29-21(4)23-10-12-24(13-11-23)28-22(5)32/h6-16H,17H2,1-5H3,(H,28,32)(H,30,33)/b29-21-. The maximum atomic E-state index is 13.6. The number of aryl methyl sites for hydroxylation is 3. The zero-order valence-electron chi connectivity index (χ0n) is 21.0. The van der Waals surface area contributed by atoms with E-state index < -0.39 is 22.5 Å². The molecule has 2 N–H and O–H groups in total. The lowest BCUT2D eigenvalue weighted by Crippen LogP contribution is -2.40. The number of hydrogen-bond acceptors (Lipinski definition) is 5. The fourth-order valence-corrected chi connectivity index (χ4v) is 4.98. The summed E-state index contributed by atoms with van der Waals surface area (Å²) < 4.78 is 28.3. The topological polar surface area (TPSA) is 108 Å².